The van der Waals surface area contributed by atoms with E-state index in [1.54, 1.807) is 14.0 Å². The summed E-state index contributed by atoms with van der Waals surface area (Å²) in [5.41, 5.74) is 5.93. The van der Waals surface area contributed by atoms with Crippen molar-refractivity contribution in [3.8, 4) is 5.75 Å². The van der Waals surface area contributed by atoms with Gasteiger partial charge < -0.3 is 61.6 Å². The minimum Gasteiger partial charge on any atom is -0.479 e. The van der Waals surface area contributed by atoms with Crippen molar-refractivity contribution in [1.82, 2.24) is 20.9 Å². The second-order valence-electron chi connectivity index (χ2n) is 12.3. The minimum atomic E-state index is -1.98. The van der Waals surface area contributed by atoms with Crippen molar-refractivity contribution in [3.63, 3.8) is 0 Å². The Balaban J connectivity index is 1.70. The lowest BCUT2D eigenvalue weighted by atomic mass is 9.99. The number of hydrogen-bond donors (Lipinski definition) is 9. The molecule has 5 amide bonds. The smallest absolute Gasteiger partial charge is 0.335 e. The van der Waals surface area contributed by atoms with Gasteiger partial charge in [-0.3, -0.25) is 33.7 Å². The predicted molar refractivity (Wildman–Crippen MR) is 177 cm³/mol. The minimum absolute atomic E-state index is 0.0656. The van der Waals surface area contributed by atoms with Gasteiger partial charge in [-0.25, -0.2) is 4.79 Å². The summed E-state index contributed by atoms with van der Waals surface area (Å²) in [6.45, 7) is 1.20. The number of nitrogens with one attached hydrogen (secondary N) is 4. The van der Waals surface area contributed by atoms with Crippen LogP contribution in [0.3, 0.4) is 0 Å². The number of aliphatic carboxylic acids is 1. The summed E-state index contributed by atoms with van der Waals surface area (Å²) in [6.07, 6.45) is -10.1. The number of nitrogens with two attached hydrogens (primary N) is 1. The fraction of sp³-hybridized carbons (Fsp3) is 0.594. The van der Waals surface area contributed by atoms with Crippen LogP contribution in [-0.4, -0.2) is 137 Å². The Morgan fingerprint density at radius 1 is 1.12 bits per heavy atom. The first-order chi connectivity index (χ1) is 25.1. The number of benzene rings is 1. The van der Waals surface area contributed by atoms with Crippen LogP contribution in [0.25, 0.3) is 0 Å². The SMILES string of the molecule is [2H]C(=O)OCc1ccc(O[C@@H]2O[C@H](C(=O)O)[C@@H](O)[C@H](O)[C@H]2O)c(NC(=O)CCNC(=O)C(CCCCNC)NC(=O)C(CN)N2C(=O)CC(C)C2=O)c1. The number of unbranched alkanes of at least 4 members (excludes halogenated alkanes) is 1. The van der Waals surface area contributed by atoms with Crippen LogP contribution in [0.4, 0.5) is 5.69 Å². The average Bonchev–Trinajstić information content (AvgIpc) is 3.35. The maximum absolute atomic E-state index is 13.3. The van der Waals surface area contributed by atoms with E-state index in [-0.39, 0.29) is 56.0 Å². The normalized spacial score (nSPS) is 24.3. The Labute approximate surface area is 299 Å². The summed E-state index contributed by atoms with van der Waals surface area (Å²) in [5.74, 6) is -5.70. The fourth-order valence-corrected chi connectivity index (χ4v) is 5.54. The molecule has 288 valence electrons. The number of hydrogen-bond acceptors (Lipinski definition) is 15. The van der Waals surface area contributed by atoms with E-state index in [2.05, 4.69) is 26.0 Å². The third kappa shape index (κ3) is 10.9. The van der Waals surface area contributed by atoms with Crippen molar-refractivity contribution in [1.29, 1.82) is 0 Å². The molecule has 0 spiro atoms. The number of aliphatic hydroxyl groups is 3. The molecule has 0 aromatic heterocycles. The largest absolute Gasteiger partial charge is 0.479 e. The number of carbonyl (C=O) groups excluding carboxylic acids is 6. The molecule has 2 heterocycles. The highest BCUT2D eigenvalue weighted by atomic mass is 16.7. The van der Waals surface area contributed by atoms with Crippen molar-refractivity contribution in [2.24, 2.45) is 11.7 Å². The molecule has 52 heavy (non-hydrogen) atoms. The molecule has 8 atom stereocenters. The highest BCUT2D eigenvalue weighted by molar-refractivity contribution is 6.07. The molecular formula is C32H46N6O14. The van der Waals surface area contributed by atoms with Gasteiger partial charge in [0.05, 0.1) is 5.69 Å². The fourth-order valence-electron chi connectivity index (χ4n) is 5.54. The maximum Gasteiger partial charge on any atom is 0.335 e. The van der Waals surface area contributed by atoms with Crippen LogP contribution in [0.5, 0.6) is 5.75 Å². The van der Waals surface area contributed by atoms with Gasteiger partial charge in [-0.1, -0.05) is 13.0 Å². The molecule has 3 unspecified atom stereocenters. The van der Waals surface area contributed by atoms with Crippen molar-refractivity contribution in [2.45, 2.75) is 88.4 Å². The molecule has 20 nitrogen and oxygen atoms in total. The van der Waals surface area contributed by atoms with Gasteiger partial charge in [0.1, 0.15) is 42.8 Å². The number of anilines is 1. The van der Waals surface area contributed by atoms with E-state index in [1.165, 1.54) is 18.2 Å². The zero-order valence-corrected chi connectivity index (χ0v) is 28.6. The van der Waals surface area contributed by atoms with Gasteiger partial charge in [0.25, 0.3) is 6.45 Å². The van der Waals surface area contributed by atoms with Gasteiger partial charge in [0.2, 0.25) is 35.8 Å². The second-order valence-corrected chi connectivity index (χ2v) is 12.3. The Hall–Kier alpha value is -4.73. The lowest BCUT2D eigenvalue weighted by Gasteiger charge is -2.38. The standard InChI is InChI=1S/C32H46N6O14/c1-16-11-23(41)38(30(16)47)20(13-33)29(46)37-18(5-3-4-9-34-2)28(45)35-10-8-22(40)36-19-12-17(14-50-15-39)6-7-21(19)51-32-26(44)24(42)25(43)27(52-32)31(48)49/h6-7,12,15-16,18,20,24-27,32,34,42-44H,3-5,8-11,13-14,33H2,1-2H3,(H,35,45)(H,36,40)(H,37,46)(H,48,49)/t16?,18?,20?,24-,25-,26+,27-,32+/m0/s1/i15D. The van der Waals surface area contributed by atoms with Crippen molar-refractivity contribution in [2.75, 3.05) is 32.0 Å². The first kappa shape index (κ1) is 40.0. The van der Waals surface area contributed by atoms with Crippen LogP contribution < -0.4 is 31.7 Å². The number of likely N-dealkylation sites (tertiary alicyclic amines) is 1. The molecule has 2 aliphatic rings. The highest BCUT2D eigenvalue weighted by Crippen LogP contribution is 2.31. The molecule has 2 saturated heterocycles. The van der Waals surface area contributed by atoms with E-state index in [1.807, 2.05) is 0 Å². The van der Waals surface area contributed by atoms with Crippen molar-refractivity contribution < 1.29 is 69.6 Å². The van der Waals surface area contributed by atoms with E-state index >= 15 is 0 Å². The van der Waals surface area contributed by atoms with Crippen molar-refractivity contribution >= 4 is 47.6 Å². The number of rotatable bonds is 19. The molecule has 20 heteroatoms. The van der Waals surface area contributed by atoms with Gasteiger partial charge in [-0.15, -0.1) is 0 Å². The van der Waals surface area contributed by atoms with Crippen LogP contribution in [0.2, 0.25) is 0 Å². The van der Waals surface area contributed by atoms with Crippen LogP contribution in [0.15, 0.2) is 18.2 Å². The zero-order chi connectivity index (χ0) is 39.4. The average molecular weight is 740 g/mol. The second kappa shape index (κ2) is 19.8. The van der Waals surface area contributed by atoms with Crippen molar-refractivity contribution in [3.05, 3.63) is 23.8 Å². The number of carboxylic acid groups (broad SMARTS) is 1. The summed E-state index contributed by atoms with van der Waals surface area (Å²) in [7, 11) is 1.75. The van der Waals surface area contributed by atoms with E-state index in [0.717, 1.165) is 4.90 Å². The summed E-state index contributed by atoms with van der Waals surface area (Å²) < 4.78 is 22.4. The monoisotopic (exact) mass is 739 g/mol. The Morgan fingerprint density at radius 2 is 1.85 bits per heavy atom. The van der Waals surface area contributed by atoms with Gasteiger partial charge in [0, 0.05) is 31.8 Å². The number of carboxylic acids is 1. The Bertz CT molecular complexity index is 1520. The van der Waals surface area contributed by atoms with Gasteiger partial charge in [-0.05, 0) is 50.6 Å². The number of amides is 5. The highest BCUT2D eigenvalue weighted by Gasteiger charge is 2.48. The Morgan fingerprint density at radius 3 is 2.46 bits per heavy atom. The molecule has 2 fully saturated rings. The van der Waals surface area contributed by atoms with Gasteiger partial charge in [-0.2, -0.15) is 0 Å². The number of imide groups is 1. The lowest BCUT2D eigenvalue weighted by molar-refractivity contribution is -0.271. The molecule has 1 aromatic carbocycles. The van der Waals surface area contributed by atoms with E-state index < -0.39 is 90.7 Å². The summed E-state index contributed by atoms with van der Waals surface area (Å²) in [6, 6.07) is 1.46. The van der Waals surface area contributed by atoms with E-state index in [0.29, 0.717) is 19.4 Å². The number of carbonyl (C=O) groups is 7. The predicted octanol–water partition coefficient (Wildman–Crippen LogP) is -3.33. The summed E-state index contributed by atoms with van der Waals surface area (Å²) in [4.78, 5) is 87.9. The molecule has 2 aliphatic heterocycles. The summed E-state index contributed by atoms with van der Waals surface area (Å²) >= 11 is 0. The molecular weight excluding hydrogens is 692 g/mol. The van der Waals surface area contributed by atoms with Crippen LogP contribution >= 0.6 is 0 Å². The molecule has 0 saturated carbocycles. The van der Waals surface area contributed by atoms with Gasteiger partial charge in [0.15, 0.2) is 7.47 Å². The molecule has 0 aliphatic carbocycles. The number of nitrogens with zero attached hydrogens (tertiary/aromatic N) is 1. The quantitative estimate of drug-likeness (QED) is 0.0381. The molecule has 0 radical (unpaired) electrons. The zero-order valence-electron chi connectivity index (χ0n) is 29.6. The molecule has 3 rings (SSSR count). The van der Waals surface area contributed by atoms with Crippen LogP contribution in [0, 0.1) is 5.92 Å². The maximum atomic E-state index is 13.3. The first-order valence-electron chi connectivity index (χ1n) is 17.0. The lowest BCUT2D eigenvalue weighted by Crippen LogP contribution is -2.61. The third-order valence-corrected chi connectivity index (χ3v) is 8.37. The topological polar surface area (TPSA) is 305 Å². The van der Waals surface area contributed by atoms with Crippen LogP contribution in [-0.2, 0) is 49.6 Å². The van der Waals surface area contributed by atoms with E-state index in [9.17, 15) is 54.0 Å². The number of aliphatic hydroxyl groups excluding tert-OH is 3. The summed E-state index contributed by atoms with van der Waals surface area (Å²) in [5, 5.41) is 50.5. The molecule has 0 bridgehead atoms. The van der Waals surface area contributed by atoms with Crippen LogP contribution in [0.1, 0.15) is 46.0 Å². The first-order valence-corrected chi connectivity index (χ1v) is 16.5. The third-order valence-electron chi connectivity index (χ3n) is 8.37. The van der Waals surface area contributed by atoms with Gasteiger partial charge >= 0.3 is 5.97 Å². The van der Waals surface area contributed by atoms with E-state index in [4.69, 9.17) is 16.6 Å². The molecule has 10 N–H and O–H groups in total. The Kier molecular flexibility index (Phi) is 15.2. The number of ether oxygens (including phenoxy) is 3. The molecule has 1 aromatic rings.